The Hall–Kier alpha value is -0.570. The third kappa shape index (κ3) is 3.44. The molecule has 0 aromatic heterocycles. The van der Waals surface area contributed by atoms with Gasteiger partial charge in [0.05, 0.1) is 0 Å². The van der Waals surface area contributed by atoms with Gasteiger partial charge in [-0.25, -0.2) is 0 Å². The normalized spacial score (nSPS) is 27.6. The van der Waals surface area contributed by atoms with Gasteiger partial charge in [-0.3, -0.25) is 9.69 Å². The fraction of sp³-hybridized carbons (Fsp3) is 0.929. The summed E-state index contributed by atoms with van der Waals surface area (Å²) in [4.78, 5) is 14.3. The zero-order valence-corrected chi connectivity index (χ0v) is 11.2. The van der Waals surface area contributed by atoms with Gasteiger partial charge >= 0.3 is 0 Å². The van der Waals surface area contributed by atoms with Crippen molar-refractivity contribution in [2.75, 3.05) is 13.1 Å². The van der Waals surface area contributed by atoms with Crippen molar-refractivity contribution in [1.82, 2.24) is 10.2 Å². The van der Waals surface area contributed by atoms with E-state index in [1.54, 1.807) is 0 Å². The number of carbonyl (C=O) groups is 1. The molecule has 0 aromatic rings. The van der Waals surface area contributed by atoms with E-state index in [2.05, 4.69) is 10.2 Å². The molecule has 1 unspecified atom stereocenters. The summed E-state index contributed by atoms with van der Waals surface area (Å²) >= 11 is 0. The minimum absolute atomic E-state index is 0.110. The molecule has 0 bridgehead atoms. The molecular formula is C14H26N2O. The number of hydrogen-bond donors (Lipinski definition) is 1. The highest BCUT2D eigenvalue weighted by Crippen LogP contribution is 2.25. The highest BCUT2D eigenvalue weighted by Gasteiger charge is 2.29. The van der Waals surface area contributed by atoms with E-state index in [1.165, 1.54) is 38.6 Å². The molecule has 1 heterocycles. The topological polar surface area (TPSA) is 32.3 Å². The second kappa shape index (κ2) is 5.85. The maximum absolute atomic E-state index is 11.7. The van der Waals surface area contributed by atoms with Crippen LogP contribution in [0.4, 0.5) is 0 Å². The zero-order valence-electron chi connectivity index (χ0n) is 11.2. The lowest BCUT2D eigenvalue weighted by Gasteiger charge is -2.31. The molecule has 1 N–H and O–H groups in total. The summed E-state index contributed by atoms with van der Waals surface area (Å²) in [5.74, 6) is 0.319. The van der Waals surface area contributed by atoms with Crippen molar-refractivity contribution in [1.29, 1.82) is 0 Å². The second-order valence-corrected chi connectivity index (χ2v) is 5.94. The van der Waals surface area contributed by atoms with Gasteiger partial charge in [0.15, 0.2) is 0 Å². The van der Waals surface area contributed by atoms with Gasteiger partial charge in [0.25, 0.3) is 0 Å². The number of nitrogens with one attached hydrogen (secondary N) is 1. The maximum Gasteiger partial charge on any atom is 0.222 e. The fourth-order valence-electron chi connectivity index (χ4n) is 3.05. The van der Waals surface area contributed by atoms with Gasteiger partial charge in [-0.05, 0) is 19.3 Å². The molecule has 3 heteroatoms. The first-order chi connectivity index (χ1) is 8.16. The molecule has 1 aliphatic carbocycles. The molecule has 1 amide bonds. The summed E-state index contributed by atoms with van der Waals surface area (Å²) in [6.07, 6.45) is 8.07. The van der Waals surface area contributed by atoms with Crippen molar-refractivity contribution in [3.8, 4) is 0 Å². The van der Waals surface area contributed by atoms with Crippen molar-refractivity contribution >= 4 is 5.91 Å². The van der Waals surface area contributed by atoms with E-state index in [0.717, 1.165) is 19.0 Å². The van der Waals surface area contributed by atoms with Crippen LogP contribution in [0.5, 0.6) is 0 Å². The summed E-state index contributed by atoms with van der Waals surface area (Å²) in [5.41, 5.74) is 0. The van der Waals surface area contributed by atoms with Crippen LogP contribution in [-0.2, 0) is 4.79 Å². The van der Waals surface area contributed by atoms with Crippen LogP contribution >= 0.6 is 0 Å². The average Bonchev–Trinajstić information content (AvgIpc) is 2.78. The van der Waals surface area contributed by atoms with E-state index < -0.39 is 0 Å². The van der Waals surface area contributed by atoms with E-state index in [9.17, 15) is 4.79 Å². The predicted molar refractivity (Wildman–Crippen MR) is 69.8 cm³/mol. The molecule has 0 aromatic carbocycles. The average molecular weight is 238 g/mol. The lowest BCUT2D eigenvalue weighted by molar-refractivity contribution is -0.124. The van der Waals surface area contributed by atoms with Gasteiger partial charge in [-0.15, -0.1) is 0 Å². The quantitative estimate of drug-likeness (QED) is 0.817. The first kappa shape index (κ1) is 12.9. The first-order valence-corrected chi connectivity index (χ1v) is 7.21. The summed E-state index contributed by atoms with van der Waals surface area (Å²) in [6, 6.07) is 1.19. The van der Waals surface area contributed by atoms with E-state index in [0.29, 0.717) is 6.04 Å². The molecule has 2 rings (SSSR count). The molecule has 1 saturated heterocycles. The molecule has 1 saturated carbocycles. The van der Waals surface area contributed by atoms with Crippen LogP contribution in [-0.4, -0.2) is 36.0 Å². The van der Waals surface area contributed by atoms with Gasteiger partial charge in [0.2, 0.25) is 5.91 Å². The third-order valence-electron chi connectivity index (χ3n) is 4.18. The minimum Gasteiger partial charge on any atom is -0.352 e. The SMILES string of the molecule is CC(C)C(=O)NC1CCN(C2CCCCC2)C1. The summed E-state index contributed by atoms with van der Waals surface area (Å²) in [6.45, 7) is 6.17. The van der Waals surface area contributed by atoms with Crippen LogP contribution in [0.15, 0.2) is 0 Å². The molecule has 1 aliphatic heterocycles. The van der Waals surface area contributed by atoms with E-state index in [-0.39, 0.29) is 11.8 Å². The molecule has 98 valence electrons. The van der Waals surface area contributed by atoms with Crippen LogP contribution in [0, 0.1) is 5.92 Å². The molecule has 17 heavy (non-hydrogen) atoms. The maximum atomic E-state index is 11.7. The van der Waals surface area contributed by atoms with Crippen LogP contribution in [0.2, 0.25) is 0 Å². The van der Waals surface area contributed by atoms with Gasteiger partial charge in [-0.1, -0.05) is 33.1 Å². The molecule has 1 atom stereocenters. The van der Waals surface area contributed by atoms with Crippen LogP contribution < -0.4 is 5.32 Å². The minimum atomic E-state index is 0.110. The highest BCUT2D eigenvalue weighted by atomic mass is 16.1. The van der Waals surface area contributed by atoms with Gasteiger partial charge in [0, 0.05) is 31.1 Å². The largest absolute Gasteiger partial charge is 0.352 e. The Morgan fingerprint density at radius 2 is 1.88 bits per heavy atom. The molecule has 2 aliphatic rings. The summed E-state index contributed by atoms with van der Waals surface area (Å²) < 4.78 is 0. The highest BCUT2D eigenvalue weighted by molar-refractivity contribution is 5.78. The standard InChI is InChI=1S/C14H26N2O/c1-11(2)14(17)15-12-8-9-16(10-12)13-6-4-3-5-7-13/h11-13H,3-10H2,1-2H3,(H,15,17). The summed E-state index contributed by atoms with van der Waals surface area (Å²) in [7, 11) is 0. The molecule has 0 spiro atoms. The van der Waals surface area contributed by atoms with Crippen molar-refractivity contribution in [2.45, 2.75) is 64.5 Å². The first-order valence-electron chi connectivity index (χ1n) is 7.21. The van der Waals surface area contributed by atoms with Crippen molar-refractivity contribution in [3.63, 3.8) is 0 Å². The molecular weight excluding hydrogens is 212 g/mol. The predicted octanol–water partition coefficient (Wildman–Crippen LogP) is 2.17. The van der Waals surface area contributed by atoms with E-state index in [1.807, 2.05) is 13.8 Å². The smallest absolute Gasteiger partial charge is 0.222 e. The van der Waals surface area contributed by atoms with E-state index in [4.69, 9.17) is 0 Å². The number of nitrogens with zero attached hydrogens (tertiary/aromatic N) is 1. The van der Waals surface area contributed by atoms with Gasteiger partial charge < -0.3 is 5.32 Å². The zero-order chi connectivity index (χ0) is 12.3. The number of rotatable bonds is 3. The lowest BCUT2D eigenvalue weighted by Crippen LogP contribution is -2.41. The Morgan fingerprint density at radius 3 is 2.53 bits per heavy atom. The van der Waals surface area contributed by atoms with Crippen LogP contribution in [0.1, 0.15) is 52.4 Å². The van der Waals surface area contributed by atoms with Crippen molar-refractivity contribution < 1.29 is 4.79 Å². The Balaban J connectivity index is 1.76. The van der Waals surface area contributed by atoms with Crippen LogP contribution in [0.25, 0.3) is 0 Å². The van der Waals surface area contributed by atoms with Gasteiger partial charge in [-0.2, -0.15) is 0 Å². The fourth-order valence-corrected chi connectivity index (χ4v) is 3.05. The lowest BCUT2D eigenvalue weighted by atomic mass is 9.94. The molecule has 0 radical (unpaired) electrons. The monoisotopic (exact) mass is 238 g/mol. The van der Waals surface area contributed by atoms with Crippen molar-refractivity contribution in [3.05, 3.63) is 0 Å². The van der Waals surface area contributed by atoms with Crippen LogP contribution in [0.3, 0.4) is 0 Å². The van der Waals surface area contributed by atoms with Gasteiger partial charge in [0.1, 0.15) is 0 Å². The second-order valence-electron chi connectivity index (χ2n) is 5.94. The summed E-state index contributed by atoms with van der Waals surface area (Å²) in [5, 5.41) is 3.17. The number of amides is 1. The van der Waals surface area contributed by atoms with E-state index >= 15 is 0 Å². The van der Waals surface area contributed by atoms with Crippen molar-refractivity contribution in [2.24, 2.45) is 5.92 Å². The number of carbonyl (C=O) groups excluding carboxylic acids is 1. The molecule has 2 fully saturated rings. The third-order valence-corrected chi connectivity index (χ3v) is 4.18. The Bertz CT molecular complexity index is 259. The Morgan fingerprint density at radius 1 is 1.18 bits per heavy atom. The molecule has 3 nitrogen and oxygen atoms in total. The number of hydrogen-bond acceptors (Lipinski definition) is 2. The number of likely N-dealkylation sites (tertiary alicyclic amines) is 1. The Labute approximate surface area is 105 Å². The Kier molecular flexibility index (Phi) is 4.43.